The van der Waals surface area contributed by atoms with Gasteiger partial charge in [-0.25, -0.2) is 4.68 Å². The zero-order chi connectivity index (χ0) is 11.8. The third kappa shape index (κ3) is 1.91. The minimum atomic E-state index is -0.360. The molecule has 16 heavy (non-hydrogen) atoms. The van der Waals surface area contributed by atoms with Crippen LogP contribution >= 0.6 is 0 Å². The summed E-state index contributed by atoms with van der Waals surface area (Å²) >= 11 is 0. The van der Waals surface area contributed by atoms with Crippen LogP contribution in [0.25, 0.3) is 0 Å². The Kier molecular flexibility index (Phi) is 2.88. The lowest BCUT2D eigenvalue weighted by atomic mass is 9.76. The number of nitrogen functional groups attached to an aromatic ring is 1. The Balaban J connectivity index is 2.14. The first-order valence-corrected chi connectivity index (χ1v) is 6.01. The molecular formula is C11H21N5. The van der Waals surface area contributed by atoms with E-state index >= 15 is 0 Å². The van der Waals surface area contributed by atoms with Crippen LogP contribution in [0.3, 0.4) is 0 Å². The molecular weight excluding hydrogens is 202 g/mol. The SMILES string of the molecule is CCC1CCC(N)(c2nc(N)n(C)n2)CC1. The smallest absolute Gasteiger partial charge is 0.218 e. The molecule has 1 fully saturated rings. The summed E-state index contributed by atoms with van der Waals surface area (Å²) in [4.78, 5) is 4.26. The van der Waals surface area contributed by atoms with Crippen molar-refractivity contribution in [3.8, 4) is 0 Å². The highest BCUT2D eigenvalue weighted by Crippen LogP contribution is 2.37. The highest BCUT2D eigenvalue weighted by atomic mass is 15.4. The molecule has 0 aromatic carbocycles. The van der Waals surface area contributed by atoms with Crippen LogP contribution in [0.5, 0.6) is 0 Å². The van der Waals surface area contributed by atoms with Crippen molar-refractivity contribution in [2.24, 2.45) is 18.7 Å². The monoisotopic (exact) mass is 223 g/mol. The Labute approximate surface area is 96.2 Å². The van der Waals surface area contributed by atoms with E-state index in [-0.39, 0.29) is 5.54 Å². The van der Waals surface area contributed by atoms with Crippen LogP contribution in [0.2, 0.25) is 0 Å². The largest absolute Gasteiger partial charge is 0.368 e. The molecule has 90 valence electrons. The second-order valence-corrected chi connectivity index (χ2v) is 4.92. The minimum Gasteiger partial charge on any atom is -0.368 e. The number of aromatic nitrogens is 3. The standard InChI is InChI=1S/C11H21N5/c1-3-8-4-6-11(13,7-5-8)9-14-10(12)16(2)15-9/h8H,3-7,13H2,1-2H3,(H2,12,14,15). The Hall–Kier alpha value is -1.10. The molecule has 0 aliphatic heterocycles. The number of hydrogen-bond donors (Lipinski definition) is 2. The molecule has 0 amide bonds. The van der Waals surface area contributed by atoms with Crippen molar-refractivity contribution >= 4 is 5.95 Å². The third-order valence-electron chi connectivity index (χ3n) is 3.82. The maximum absolute atomic E-state index is 6.39. The van der Waals surface area contributed by atoms with E-state index in [2.05, 4.69) is 17.0 Å². The first-order valence-electron chi connectivity index (χ1n) is 6.01. The molecule has 1 heterocycles. The second-order valence-electron chi connectivity index (χ2n) is 4.92. The lowest BCUT2D eigenvalue weighted by molar-refractivity contribution is 0.222. The predicted molar refractivity (Wildman–Crippen MR) is 63.5 cm³/mol. The first-order chi connectivity index (χ1) is 7.55. The minimum absolute atomic E-state index is 0.360. The van der Waals surface area contributed by atoms with Crippen LogP contribution < -0.4 is 11.5 Å². The lowest BCUT2D eigenvalue weighted by Crippen LogP contribution is -2.41. The van der Waals surface area contributed by atoms with Crippen LogP contribution in [-0.4, -0.2) is 14.8 Å². The van der Waals surface area contributed by atoms with Crippen molar-refractivity contribution in [1.82, 2.24) is 14.8 Å². The van der Waals surface area contributed by atoms with Crippen molar-refractivity contribution in [1.29, 1.82) is 0 Å². The molecule has 0 atom stereocenters. The average molecular weight is 223 g/mol. The molecule has 0 saturated heterocycles. The quantitative estimate of drug-likeness (QED) is 0.788. The van der Waals surface area contributed by atoms with E-state index in [0.717, 1.165) is 18.8 Å². The van der Waals surface area contributed by atoms with Gasteiger partial charge >= 0.3 is 0 Å². The maximum Gasteiger partial charge on any atom is 0.218 e. The zero-order valence-electron chi connectivity index (χ0n) is 10.1. The number of nitrogens with zero attached hydrogens (tertiary/aromatic N) is 3. The zero-order valence-corrected chi connectivity index (χ0v) is 10.1. The van der Waals surface area contributed by atoms with E-state index in [1.54, 1.807) is 11.7 Å². The summed E-state index contributed by atoms with van der Waals surface area (Å²) in [5, 5.41) is 4.31. The number of hydrogen-bond acceptors (Lipinski definition) is 4. The van der Waals surface area contributed by atoms with E-state index in [4.69, 9.17) is 11.5 Å². The van der Waals surface area contributed by atoms with Crippen LogP contribution in [0, 0.1) is 5.92 Å². The molecule has 5 nitrogen and oxygen atoms in total. The summed E-state index contributed by atoms with van der Waals surface area (Å²) in [6, 6.07) is 0. The molecule has 0 radical (unpaired) electrons. The molecule has 4 N–H and O–H groups in total. The van der Waals surface area contributed by atoms with Gasteiger partial charge < -0.3 is 11.5 Å². The normalized spacial score (nSPS) is 30.6. The summed E-state index contributed by atoms with van der Waals surface area (Å²) in [5.41, 5.74) is 11.7. The van der Waals surface area contributed by atoms with Crippen molar-refractivity contribution < 1.29 is 0 Å². The van der Waals surface area contributed by atoms with Crippen molar-refractivity contribution in [3.05, 3.63) is 5.82 Å². The summed E-state index contributed by atoms with van der Waals surface area (Å²) in [7, 11) is 1.80. The summed E-state index contributed by atoms with van der Waals surface area (Å²) < 4.78 is 1.59. The number of anilines is 1. The third-order valence-corrected chi connectivity index (χ3v) is 3.82. The molecule has 0 spiro atoms. The van der Waals surface area contributed by atoms with Gasteiger partial charge in [-0.15, -0.1) is 0 Å². The highest BCUT2D eigenvalue weighted by Gasteiger charge is 2.36. The Morgan fingerprint density at radius 3 is 2.50 bits per heavy atom. The molecule has 0 unspecified atom stereocenters. The van der Waals surface area contributed by atoms with Crippen LogP contribution in [0.4, 0.5) is 5.95 Å². The number of rotatable bonds is 2. The van der Waals surface area contributed by atoms with Gasteiger partial charge in [0, 0.05) is 7.05 Å². The number of nitrogens with two attached hydrogens (primary N) is 2. The molecule has 1 aliphatic carbocycles. The van der Waals surface area contributed by atoms with Gasteiger partial charge in [0.2, 0.25) is 5.95 Å². The van der Waals surface area contributed by atoms with Gasteiger partial charge in [0.1, 0.15) is 0 Å². The van der Waals surface area contributed by atoms with Gasteiger partial charge in [-0.1, -0.05) is 13.3 Å². The maximum atomic E-state index is 6.39. The first kappa shape index (κ1) is 11.4. The molecule has 1 aromatic heterocycles. The van der Waals surface area contributed by atoms with Gasteiger partial charge in [0.05, 0.1) is 5.54 Å². The Bertz CT molecular complexity index is 343. The van der Waals surface area contributed by atoms with Crippen LogP contribution in [0.15, 0.2) is 0 Å². The van der Waals surface area contributed by atoms with Gasteiger partial charge in [0.15, 0.2) is 5.82 Å². The molecule has 5 heteroatoms. The predicted octanol–water partition coefficient (Wildman–Crippen LogP) is 1.15. The Morgan fingerprint density at radius 2 is 2.06 bits per heavy atom. The summed E-state index contributed by atoms with van der Waals surface area (Å²) in [6.45, 7) is 2.24. The van der Waals surface area contributed by atoms with Crippen molar-refractivity contribution in [3.63, 3.8) is 0 Å². The Morgan fingerprint density at radius 1 is 1.44 bits per heavy atom. The fourth-order valence-electron chi connectivity index (χ4n) is 2.43. The van der Waals surface area contributed by atoms with Gasteiger partial charge in [-0.3, -0.25) is 0 Å². The van der Waals surface area contributed by atoms with Gasteiger partial charge in [-0.2, -0.15) is 10.1 Å². The van der Waals surface area contributed by atoms with E-state index in [1.165, 1.54) is 19.3 Å². The molecule has 0 bridgehead atoms. The second kappa shape index (κ2) is 4.05. The fraction of sp³-hybridized carbons (Fsp3) is 0.818. The van der Waals surface area contributed by atoms with E-state index in [9.17, 15) is 0 Å². The fourth-order valence-corrected chi connectivity index (χ4v) is 2.43. The van der Waals surface area contributed by atoms with Crippen LogP contribution in [-0.2, 0) is 12.6 Å². The molecule has 2 rings (SSSR count). The summed E-state index contributed by atoms with van der Waals surface area (Å²) in [5.74, 6) is 1.97. The van der Waals surface area contributed by atoms with Crippen molar-refractivity contribution in [2.75, 3.05) is 5.73 Å². The number of aryl methyl sites for hydroxylation is 1. The molecule has 1 saturated carbocycles. The van der Waals surface area contributed by atoms with E-state index in [0.29, 0.717) is 11.8 Å². The van der Waals surface area contributed by atoms with E-state index < -0.39 is 0 Å². The van der Waals surface area contributed by atoms with Crippen LogP contribution in [0.1, 0.15) is 44.9 Å². The van der Waals surface area contributed by atoms with Gasteiger partial charge in [0.25, 0.3) is 0 Å². The highest BCUT2D eigenvalue weighted by molar-refractivity contribution is 5.19. The van der Waals surface area contributed by atoms with Crippen molar-refractivity contribution in [2.45, 2.75) is 44.6 Å². The molecule has 1 aliphatic rings. The summed E-state index contributed by atoms with van der Waals surface area (Å²) in [6.07, 6.45) is 5.52. The van der Waals surface area contributed by atoms with E-state index in [1.807, 2.05) is 0 Å². The average Bonchev–Trinajstić information content (AvgIpc) is 2.61. The van der Waals surface area contributed by atoms with Gasteiger partial charge in [-0.05, 0) is 31.6 Å². The lowest BCUT2D eigenvalue weighted by Gasteiger charge is -2.34. The molecule has 1 aromatic rings. The topological polar surface area (TPSA) is 82.7 Å².